The van der Waals surface area contributed by atoms with E-state index in [2.05, 4.69) is 31.3 Å². The summed E-state index contributed by atoms with van der Waals surface area (Å²) in [6, 6.07) is 9.97. The molecule has 0 aliphatic heterocycles. The van der Waals surface area contributed by atoms with Gasteiger partial charge in [0.25, 0.3) is 0 Å². The Morgan fingerprint density at radius 2 is 1.72 bits per heavy atom. The number of aryl methyl sites for hydroxylation is 3. The van der Waals surface area contributed by atoms with Crippen molar-refractivity contribution in [1.82, 2.24) is 5.32 Å². The van der Waals surface area contributed by atoms with Crippen LogP contribution in [0.3, 0.4) is 0 Å². The van der Waals surface area contributed by atoms with Gasteiger partial charge in [0, 0.05) is 12.6 Å². The lowest BCUT2D eigenvalue weighted by Gasteiger charge is -2.17. The second kappa shape index (κ2) is 8.56. The first kappa shape index (κ1) is 18.8. The fourth-order valence-corrected chi connectivity index (χ4v) is 2.73. The molecular weight excluding hydrogens is 314 g/mol. The molecule has 4 heteroatoms. The molecule has 0 spiro atoms. The Bertz CT molecular complexity index is 753. The second-order valence-corrected chi connectivity index (χ2v) is 6.17. The van der Waals surface area contributed by atoms with E-state index in [1.54, 1.807) is 7.05 Å². The molecule has 0 aromatic heterocycles. The van der Waals surface area contributed by atoms with E-state index in [1.807, 2.05) is 32.0 Å². The van der Waals surface area contributed by atoms with Crippen molar-refractivity contribution in [2.75, 3.05) is 13.7 Å². The molecule has 0 fully saturated rings. The number of ether oxygens (including phenoxy) is 2. The minimum atomic E-state index is -0.0303. The Labute approximate surface area is 150 Å². The van der Waals surface area contributed by atoms with Crippen LogP contribution in [0.5, 0.6) is 11.5 Å². The predicted molar refractivity (Wildman–Crippen MR) is 100 cm³/mol. The number of carbonyl (C=O) groups excluding carboxylic acids is 1. The number of amides is 1. The minimum absolute atomic E-state index is 0.0303. The van der Waals surface area contributed by atoms with Gasteiger partial charge in [-0.1, -0.05) is 18.2 Å². The average molecular weight is 341 g/mol. The normalized spacial score (nSPS) is 10.4. The molecule has 2 aromatic carbocycles. The summed E-state index contributed by atoms with van der Waals surface area (Å²) in [6.45, 7) is 9.10. The van der Waals surface area contributed by atoms with E-state index in [-0.39, 0.29) is 5.91 Å². The number of likely N-dealkylation sites (N-methyl/N-ethyl adjacent to an activating group) is 1. The number of hydrogen-bond donors (Lipinski definition) is 1. The lowest BCUT2D eigenvalue weighted by Crippen LogP contribution is -2.21. The maximum absolute atomic E-state index is 11.8. The van der Waals surface area contributed by atoms with E-state index in [0.717, 1.165) is 28.2 Å². The molecular formula is C21H27NO3. The molecule has 4 nitrogen and oxygen atoms in total. The number of benzene rings is 2. The van der Waals surface area contributed by atoms with Gasteiger partial charge in [0.2, 0.25) is 5.91 Å². The monoisotopic (exact) mass is 341 g/mol. The molecule has 2 aromatic rings. The fourth-order valence-electron chi connectivity index (χ4n) is 2.73. The molecule has 0 radical (unpaired) electrons. The zero-order chi connectivity index (χ0) is 18.4. The van der Waals surface area contributed by atoms with Crippen LogP contribution in [-0.4, -0.2) is 19.6 Å². The summed E-state index contributed by atoms with van der Waals surface area (Å²) in [5, 5.41) is 2.67. The first-order chi connectivity index (χ1) is 12.0. The topological polar surface area (TPSA) is 47.6 Å². The van der Waals surface area contributed by atoms with Crippen molar-refractivity contribution in [2.45, 2.75) is 40.7 Å². The minimum Gasteiger partial charge on any atom is -0.493 e. The predicted octanol–water partition coefficient (Wildman–Crippen LogP) is 3.88. The molecule has 25 heavy (non-hydrogen) atoms. The number of rotatable bonds is 7. The van der Waals surface area contributed by atoms with Gasteiger partial charge in [-0.05, 0) is 62.1 Å². The van der Waals surface area contributed by atoms with E-state index in [4.69, 9.17) is 9.47 Å². The Morgan fingerprint density at radius 1 is 1.00 bits per heavy atom. The second-order valence-electron chi connectivity index (χ2n) is 6.17. The lowest BCUT2D eigenvalue weighted by atomic mass is 10.0. The van der Waals surface area contributed by atoms with E-state index >= 15 is 0 Å². The van der Waals surface area contributed by atoms with Gasteiger partial charge in [0.1, 0.15) is 18.1 Å². The third-order valence-electron chi connectivity index (χ3n) is 4.32. The van der Waals surface area contributed by atoms with Gasteiger partial charge in [-0.2, -0.15) is 0 Å². The summed E-state index contributed by atoms with van der Waals surface area (Å²) >= 11 is 0. The van der Waals surface area contributed by atoms with Gasteiger partial charge in [0.15, 0.2) is 0 Å². The van der Waals surface area contributed by atoms with Gasteiger partial charge in [-0.25, -0.2) is 0 Å². The molecule has 0 saturated carbocycles. The molecule has 0 unspecified atom stereocenters. The molecule has 0 heterocycles. The SMILES string of the molecule is CCOc1cccc(CC(=O)NC)c1COc1cc(C)c(C)cc1C. The number of hydrogen-bond acceptors (Lipinski definition) is 3. The largest absolute Gasteiger partial charge is 0.493 e. The summed E-state index contributed by atoms with van der Waals surface area (Å²) in [5.41, 5.74) is 5.39. The smallest absolute Gasteiger partial charge is 0.224 e. The Hall–Kier alpha value is -2.49. The van der Waals surface area contributed by atoms with Gasteiger partial charge >= 0.3 is 0 Å². The highest BCUT2D eigenvalue weighted by Crippen LogP contribution is 2.28. The Kier molecular flexibility index (Phi) is 6.45. The molecule has 2 rings (SSSR count). The van der Waals surface area contributed by atoms with Crippen LogP contribution < -0.4 is 14.8 Å². The third kappa shape index (κ3) is 4.75. The average Bonchev–Trinajstić information content (AvgIpc) is 2.58. The van der Waals surface area contributed by atoms with Crippen molar-refractivity contribution in [2.24, 2.45) is 0 Å². The lowest BCUT2D eigenvalue weighted by molar-refractivity contribution is -0.119. The summed E-state index contributed by atoms with van der Waals surface area (Å²) in [4.78, 5) is 11.8. The molecule has 0 aliphatic carbocycles. The molecule has 0 aliphatic rings. The van der Waals surface area contributed by atoms with Crippen molar-refractivity contribution >= 4 is 5.91 Å². The molecule has 1 amide bonds. The van der Waals surface area contributed by atoms with Crippen molar-refractivity contribution in [3.05, 3.63) is 58.1 Å². The van der Waals surface area contributed by atoms with Crippen LogP contribution in [-0.2, 0) is 17.8 Å². The fraction of sp³-hybridized carbons (Fsp3) is 0.381. The summed E-state index contributed by atoms with van der Waals surface area (Å²) in [7, 11) is 1.64. The van der Waals surface area contributed by atoms with E-state index < -0.39 is 0 Å². The van der Waals surface area contributed by atoms with E-state index in [0.29, 0.717) is 19.6 Å². The maximum atomic E-state index is 11.8. The van der Waals surface area contributed by atoms with Crippen LogP contribution in [0, 0.1) is 20.8 Å². The van der Waals surface area contributed by atoms with Crippen molar-refractivity contribution < 1.29 is 14.3 Å². The number of carbonyl (C=O) groups is 1. The van der Waals surface area contributed by atoms with Crippen molar-refractivity contribution in [3.8, 4) is 11.5 Å². The van der Waals surface area contributed by atoms with Gasteiger partial charge in [0.05, 0.1) is 13.0 Å². The number of nitrogens with one attached hydrogen (secondary N) is 1. The van der Waals surface area contributed by atoms with Gasteiger partial charge in [-0.3, -0.25) is 4.79 Å². The summed E-state index contributed by atoms with van der Waals surface area (Å²) in [5.74, 6) is 1.60. The van der Waals surface area contributed by atoms with Gasteiger partial charge < -0.3 is 14.8 Å². The molecule has 134 valence electrons. The van der Waals surface area contributed by atoms with Crippen LogP contribution >= 0.6 is 0 Å². The Morgan fingerprint density at radius 3 is 2.40 bits per heavy atom. The first-order valence-electron chi connectivity index (χ1n) is 8.61. The van der Waals surface area contributed by atoms with Crippen LogP contribution in [0.25, 0.3) is 0 Å². The van der Waals surface area contributed by atoms with Crippen LogP contribution in [0.15, 0.2) is 30.3 Å². The Balaban J connectivity index is 2.30. The highest BCUT2D eigenvalue weighted by molar-refractivity contribution is 5.78. The zero-order valence-corrected chi connectivity index (χ0v) is 15.7. The molecule has 0 bridgehead atoms. The van der Waals surface area contributed by atoms with Crippen LogP contribution in [0.2, 0.25) is 0 Å². The standard InChI is InChI=1S/C21H27NO3/c1-6-24-19-9-7-8-17(12-21(23)22-5)18(19)13-25-20-11-15(3)14(2)10-16(20)4/h7-11H,6,12-13H2,1-5H3,(H,22,23). The van der Waals surface area contributed by atoms with Gasteiger partial charge in [-0.15, -0.1) is 0 Å². The van der Waals surface area contributed by atoms with Crippen molar-refractivity contribution in [1.29, 1.82) is 0 Å². The van der Waals surface area contributed by atoms with Crippen molar-refractivity contribution in [3.63, 3.8) is 0 Å². The van der Waals surface area contributed by atoms with E-state index in [9.17, 15) is 4.79 Å². The molecule has 0 saturated heterocycles. The first-order valence-corrected chi connectivity index (χ1v) is 8.61. The third-order valence-corrected chi connectivity index (χ3v) is 4.32. The molecule has 1 N–H and O–H groups in total. The summed E-state index contributed by atoms with van der Waals surface area (Å²) < 4.78 is 11.8. The van der Waals surface area contributed by atoms with E-state index in [1.165, 1.54) is 11.1 Å². The highest BCUT2D eigenvalue weighted by Gasteiger charge is 2.14. The quantitative estimate of drug-likeness (QED) is 0.831. The zero-order valence-electron chi connectivity index (χ0n) is 15.7. The highest BCUT2D eigenvalue weighted by atomic mass is 16.5. The van der Waals surface area contributed by atoms with Crippen LogP contribution in [0.1, 0.15) is 34.7 Å². The summed E-state index contributed by atoms with van der Waals surface area (Å²) in [6.07, 6.45) is 0.308. The molecule has 0 atom stereocenters. The van der Waals surface area contributed by atoms with Crippen LogP contribution in [0.4, 0.5) is 0 Å². The maximum Gasteiger partial charge on any atom is 0.224 e.